The molecule has 5 aromatic rings. The highest BCUT2D eigenvalue weighted by atomic mass is 19.4. The smallest absolute Gasteiger partial charge is 0.345 e. The number of halogens is 3. The molecule has 0 bridgehead atoms. The molecule has 1 atom stereocenters. The number of carbonyl (C=O) groups is 1. The summed E-state index contributed by atoms with van der Waals surface area (Å²) in [6.45, 7) is 1.85. The molecule has 7 heteroatoms. The minimum absolute atomic E-state index is 0.216. The number of fused-ring (bicyclic) bond motifs is 2. The largest absolute Gasteiger partial charge is 0.416 e. The van der Waals surface area contributed by atoms with Crippen LogP contribution in [-0.2, 0) is 6.18 Å². The number of H-pyrrole nitrogens is 1. The van der Waals surface area contributed by atoms with Gasteiger partial charge >= 0.3 is 6.18 Å². The molecule has 0 aliphatic rings. The maximum absolute atomic E-state index is 13.1. The van der Waals surface area contributed by atoms with Crippen LogP contribution in [-0.4, -0.2) is 10.9 Å². The van der Waals surface area contributed by atoms with Crippen LogP contribution in [0.15, 0.2) is 95.8 Å². The van der Waals surface area contributed by atoms with E-state index >= 15 is 0 Å². The Bertz CT molecular complexity index is 1650. The van der Waals surface area contributed by atoms with Crippen molar-refractivity contribution in [3.05, 3.63) is 118 Å². The van der Waals surface area contributed by atoms with E-state index < -0.39 is 11.7 Å². The molecule has 1 unspecified atom stereocenters. The molecule has 0 fully saturated rings. The van der Waals surface area contributed by atoms with Crippen molar-refractivity contribution in [2.75, 3.05) is 0 Å². The maximum Gasteiger partial charge on any atom is 0.416 e. The van der Waals surface area contributed by atoms with Crippen molar-refractivity contribution in [3.8, 4) is 11.1 Å². The van der Waals surface area contributed by atoms with E-state index in [1.54, 1.807) is 24.3 Å². The summed E-state index contributed by atoms with van der Waals surface area (Å²) >= 11 is 0. The summed E-state index contributed by atoms with van der Waals surface area (Å²) in [6.07, 6.45) is -4.39. The molecular formula is C29H21F3N2O2. The van der Waals surface area contributed by atoms with Gasteiger partial charge in [-0.3, -0.25) is 9.59 Å². The van der Waals surface area contributed by atoms with Gasteiger partial charge in [0.1, 0.15) is 0 Å². The molecule has 180 valence electrons. The van der Waals surface area contributed by atoms with Crippen LogP contribution in [0.1, 0.15) is 34.5 Å². The Kier molecular flexibility index (Phi) is 5.84. The molecule has 0 spiro atoms. The standard InChI is InChI=1S/C29H21F3N2O2/c1-17(23-6-2-4-19-11-15-26(35)34-27(19)23)33-28(36)21-10-14-25-20(16-21)5-3-7-24(25)18-8-12-22(13-9-18)29(30,31)32/h2-17H,1H3,(H,33,36)(H,34,35). The molecule has 0 aliphatic carbocycles. The van der Waals surface area contributed by atoms with E-state index in [4.69, 9.17) is 0 Å². The fourth-order valence-corrected chi connectivity index (χ4v) is 4.44. The van der Waals surface area contributed by atoms with Crippen molar-refractivity contribution in [1.82, 2.24) is 10.3 Å². The van der Waals surface area contributed by atoms with Gasteiger partial charge < -0.3 is 10.3 Å². The second-order valence-corrected chi connectivity index (χ2v) is 8.65. The Morgan fingerprint density at radius 3 is 2.33 bits per heavy atom. The van der Waals surface area contributed by atoms with Gasteiger partial charge in [0.15, 0.2) is 0 Å². The highest BCUT2D eigenvalue weighted by molar-refractivity contribution is 6.03. The van der Waals surface area contributed by atoms with Crippen molar-refractivity contribution < 1.29 is 18.0 Å². The van der Waals surface area contributed by atoms with E-state index in [1.165, 1.54) is 18.2 Å². The zero-order valence-electron chi connectivity index (χ0n) is 19.2. The van der Waals surface area contributed by atoms with Crippen LogP contribution in [0.25, 0.3) is 32.8 Å². The number of hydrogen-bond acceptors (Lipinski definition) is 2. The Morgan fingerprint density at radius 2 is 1.58 bits per heavy atom. The molecular weight excluding hydrogens is 465 g/mol. The second-order valence-electron chi connectivity index (χ2n) is 8.65. The van der Waals surface area contributed by atoms with Gasteiger partial charge in [0.2, 0.25) is 5.56 Å². The van der Waals surface area contributed by atoms with Crippen molar-refractivity contribution in [2.24, 2.45) is 0 Å². The number of amides is 1. The fraction of sp³-hybridized carbons (Fsp3) is 0.103. The zero-order chi connectivity index (χ0) is 25.4. The summed E-state index contributed by atoms with van der Waals surface area (Å²) in [6, 6.07) is 24.3. The van der Waals surface area contributed by atoms with Crippen molar-refractivity contribution >= 4 is 27.6 Å². The molecule has 0 saturated carbocycles. The molecule has 0 radical (unpaired) electrons. The minimum atomic E-state index is -4.39. The van der Waals surface area contributed by atoms with Crippen LogP contribution in [0, 0.1) is 0 Å². The Morgan fingerprint density at radius 1 is 0.861 bits per heavy atom. The van der Waals surface area contributed by atoms with Gasteiger partial charge in [-0.2, -0.15) is 13.2 Å². The highest BCUT2D eigenvalue weighted by Crippen LogP contribution is 2.33. The van der Waals surface area contributed by atoms with Gasteiger partial charge in [-0.1, -0.05) is 54.6 Å². The average molecular weight is 486 g/mol. The molecule has 5 rings (SSSR count). The SMILES string of the molecule is CC(NC(=O)c1ccc2c(-c3ccc(C(F)(F)F)cc3)cccc2c1)c1cccc2ccc(=O)[nH]c12. The summed E-state index contributed by atoms with van der Waals surface area (Å²) in [7, 11) is 0. The van der Waals surface area contributed by atoms with E-state index in [9.17, 15) is 22.8 Å². The molecule has 0 saturated heterocycles. The van der Waals surface area contributed by atoms with Gasteiger partial charge in [-0.05, 0) is 70.1 Å². The van der Waals surface area contributed by atoms with E-state index in [1.807, 2.05) is 43.3 Å². The van der Waals surface area contributed by atoms with Crippen LogP contribution in [0.3, 0.4) is 0 Å². The minimum Gasteiger partial charge on any atom is -0.345 e. The zero-order valence-corrected chi connectivity index (χ0v) is 19.2. The fourth-order valence-electron chi connectivity index (χ4n) is 4.44. The number of aromatic nitrogens is 1. The van der Waals surface area contributed by atoms with Gasteiger partial charge in [0.05, 0.1) is 17.1 Å². The summed E-state index contributed by atoms with van der Waals surface area (Å²) in [5.41, 5.74) is 2.45. The molecule has 36 heavy (non-hydrogen) atoms. The number of para-hydroxylation sites is 1. The average Bonchev–Trinajstić information content (AvgIpc) is 2.87. The van der Waals surface area contributed by atoms with E-state index in [0.717, 1.165) is 39.4 Å². The molecule has 4 nitrogen and oxygen atoms in total. The molecule has 4 aromatic carbocycles. The molecule has 1 aromatic heterocycles. The van der Waals surface area contributed by atoms with Gasteiger partial charge in [-0.25, -0.2) is 0 Å². The van der Waals surface area contributed by atoms with Gasteiger partial charge in [-0.15, -0.1) is 0 Å². The summed E-state index contributed by atoms with van der Waals surface area (Å²) in [4.78, 5) is 27.7. The first-order chi connectivity index (χ1) is 17.2. The number of alkyl halides is 3. The van der Waals surface area contributed by atoms with Crippen LogP contribution < -0.4 is 10.9 Å². The summed E-state index contributed by atoms with van der Waals surface area (Å²) in [5, 5.41) is 5.48. The quantitative estimate of drug-likeness (QED) is 0.292. The van der Waals surface area contributed by atoms with E-state index in [0.29, 0.717) is 16.6 Å². The van der Waals surface area contributed by atoms with Crippen molar-refractivity contribution in [3.63, 3.8) is 0 Å². The van der Waals surface area contributed by atoms with Crippen LogP contribution in [0.2, 0.25) is 0 Å². The Hall–Kier alpha value is -4.39. The maximum atomic E-state index is 13.1. The number of benzene rings is 4. The number of hydrogen-bond donors (Lipinski definition) is 2. The third-order valence-electron chi connectivity index (χ3n) is 6.27. The van der Waals surface area contributed by atoms with E-state index in [2.05, 4.69) is 10.3 Å². The van der Waals surface area contributed by atoms with Crippen LogP contribution >= 0.6 is 0 Å². The monoisotopic (exact) mass is 486 g/mol. The number of carbonyl (C=O) groups excluding carboxylic acids is 1. The van der Waals surface area contributed by atoms with Crippen molar-refractivity contribution in [1.29, 1.82) is 0 Å². The number of aromatic amines is 1. The first-order valence-electron chi connectivity index (χ1n) is 11.3. The lowest BCUT2D eigenvalue weighted by Crippen LogP contribution is -2.27. The Balaban J connectivity index is 1.43. The lowest BCUT2D eigenvalue weighted by molar-refractivity contribution is -0.137. The molecule has 1 heterocycles. The molecule has 0 aliphatic heterocycles. The normalized spacial score (nSPS) is 12.6. The third-order valence-corrected chi connectivity index (χ3v) is 6.27. The second kappa shape index (κ2) is 9.00. The Labute approximate surface area is 204 Å². The predicted molar refractivity (Wildman–Crippen MR) is 135 cm³/mol. The van der Waals surface area contributed by atoms with Gasteiger partial charge in [0.25, 0.3) is 5.91 Å². The van der Waals surface area contributed by atoms with E-state index in [-0.39, 0.29) is 17.5 Å². The number of nitrogens with one attached hydrogen (secondary N) is 2. The third kappa shape index (κ3) is 4.47. The number of rotatable bonds is 4. The summed E-state index contributed by atoms with van der Waals surface area (Å²) in [5.74, 6) is -0.278. The predicted octanol–water partition coefficient (Wildman–Crippen LogP) is 6.86. The van der Waals surface area contributed by atoms with Crippen molar-refractivity contribution in [2.45, 2.75) is 19.1 Å². The van der Waals surface area contributed by atoms with Crippen LogP contribution in [0.5, 0.6) is 0 Å². The lowest BCUT2D eigenvalue weighted by atomic mass is 9.96. The lowest BCUT2D eigenvalue weighted by Gasteiger charge is -2.17. The van der Waals surface area contributed by atoms with Gasteiger partial charge in [0, 0.05) is 11.6 Å². The highest BCUT2D eigenvalue weighted by Gasteiger charge is 2.30. The topological polar surface area (TPSA) is 62.0 Å². The first-order valence-corrected chi connectivity index (χ1v) is 11.3. The summed E-state index contributed by atoms with van der Waals surface area (Å²) < 4.78 is 38.8. The first kappa shape index (κ1) is 23.4. The van der Waals surface area contributed by atoms with Crippen LogP contribution in [0.4, 0.5) is 13.2 Å². The molecule has 1 amide bonds. The number of pyridine rings is 1. The molecule has 2 N–H and O–H groups in total.